The lowest BCUT2D eigenvalue weighted by atomic mass is 10.2. The predicted octanol–water partition coefficient (Wildman–Crippen LogP) is 0.174. The van der Waals surface area contributed by atoms with Crippen LogP contribution in [0.1, 0.15) is 20.3 Å². The minimum Gasteiger partial charge on any atom is -0.480 e. The highest BCUT2D eigenvalue weighted by molar-refractivity contribution is 8.00. The number of carbonyl (C=O) groups excluding carboxylic acids is 1. The first-order valence-electron chi connectivity index (χ1n) is 5.23. The molecule has 5 nitrogen and oxygen atoms in total. The van der Waals surface area contributed by atoms with Crippen LogP contribution in [0, 0.1) is 0 Å². The van der Waals surface area contributed by atoms with Crippen molar-refractivity contribution in [3.05, 3.63) is 0 Å². The molecule has 1 fully saturated rings. The molecule has 0 bridgehead atoms. The van der Waals surface area contributed by atoms with E-state index in [1.807, 2.05) is 13.8 Å². The standard InChI is InChI=1S/C10H17NO4S/c1-6(2)16-5-9(13)11-4-7(12)3-8(11)10(14)15/h6-8,12H,3-5H2,1-2H3,(H,14,15)/t7-,8-/m1/s1. The molecule has 1 amide bonds. The molecule has 0 aliphatic carbocycles. The van der Waals surface area contributed by atoms with E-state index in [1.165, 1.54) is 16.7 Å². The van der Waals surface area contributed by atoms with Crippen molar-refractivity contribution in [1.82, 2.24) is 4.90 Å². The van der Waals surface area contributed by atoms with Crippen molar-refractivity contribution in [2.24, 2.45) is 0 Å². The van der Waals surface area contributed by atoms with Crippen molar-refractivity contribution in [2.75, 3.05) is 12.3 Å². The minimum absolute atomic E-state index is 0.132. The average molecular weight is 247 g/mol. The Morgan fingerprint density at radius 2 is 2.12 bits per heavy atom. The van der Waals surface area contributed by atoms with Crippen LogP contribution in [0.3, 0.4) is 0 Å². The van der Waals surface area contributed by atoms with Crippen LogP contribution in [-0.4, -0.2) is 56.7 Å². The zero-order valence-corrected chi connectivity index (χ0v) is 10.2. The maximum Gasteiger partial charge on any atom is 0.326 e. The molecule has 1 aliphatic heterocycles. The highest BCUT2D eigenvalue weighted by atomic mass is 32.2. The fourth-order valence-corrected chi connectivity index (χ4v) is 2.29. The maximum absolute atomic E-state index is 11.7. The second-order valence-corrected chi connectivity index (χ2v) is 5.71. The molecule has 0 radical (unpaired) electrons. The third-order valence-electron chi connectivity index (χ3n) is 2.42. The van der Waals surface area contributed by atoms with Gasteiger partial charge in [-0.25, -0.2) is 4.79 Å². The van der Waals surface area contributed by atoms with E-state index in [9.17, 15) is 14.7 Å². The van der Waals surface area contributed by atoms with Crippen LogP contribution in [-0.2, 0) is 9.59 Å². The molecule has 16 heavy (non-hydrogen) atoms. The van der Waals surface area contributed by atoms with Gasteiger partial charge >= 0.3 is 5.97 Å². The number of hydrogen-bond donors (Lipinski definition) is 2. The fraction of sp³-hybridized carbons (Fsp3) is 0.800. The second kappa shape index (κ2) is 5.54. The highest BCUT2D eigenvalue weighted by Gasteiger charge is 2.38. The van der Waals surface area contributed by atoms with Crippen molar-refractivity contribution in [1.29, 1.82) is 0 Å². The summed E-state index contributed by atoms with van der Waals surface area (Å²) >= 11 is 1.48. The lowest BCUT2D eigenvalue weighted by molar-refractivity contribution is -0.147. The van der Waals surface area contributed by atoms with Gasteiger partial charge in [0.15, 0.2) is 0 Å². The number of β-amino-alcohol motifs (C(OH)–C–C–N with tert-alkyl or cyclic N) is 1. The molecular weight excluding hydrogens is 230 g/mol. The summed E-state index contributed by atoms with van der Waals surface area (Å²) in [4.78, 5) is 23.9. The molecule has 1 heterocycles. The van der Waals surface area contributed by atoms with Gasteiger partial charge in [-0.2, -0.15) is 0 Å². The lowest BCUT2D eigenvalue weighted by Crippen LogP contribution is -2.41. The monoisotopic (exact) mass is 247 g/mol. The lowest BCUT2D eigenvalue weighted by Gasteiger charge is -2.21. The van der Waals surface area contributed by atoms with E-state index < -0.39 is 18.1 Å². The third kappa shape index (κ3) is 3.38. The van der Waals surface area contributed by atoms with E-state index >= 15 is 0 Å². The number of rotatable bonds is 4. The van der Waals surface area contributed by atoms with Crippen LogP contribution in [0.25, 0.3) is 0 Å². The topological polar surface area (TPSA) is 77.8 Å². The summed E-state index contributed by atoms with van der Waals surface area (Å²) < 4.78 is 0. The van der Waals surface area contributed by atoms with Crippen molar-refractivity contribution in [2.45, 2.75) is 37.7 Å². The Bertz CT molecular complexity index is 282. The van der Waals surface area contributed by atoms with E-state index in [2.05, 4.69) is 0 Å². The van der Waals surface area contributed by atoms with Gasteiger partial charge < -0.3 is 15.1 Å². The van der Waals surface area contributed by atoms with Gasteiger partial charge in [0.1, 0.15) is 6.04 Å². The van der Waals surface area contributed by atoms with E-state index in [0.717, 1.165) is 0 Å². The maximum atomic E-state index is 11.7. The summed E-state index contributed by atoms with van der Waals surface area (Å²) in [5.74, 6) is -0.976. The summed E-state index contributed by atoms with van der Waals surface area (Å²) in [6, 6.07) is -0.865. The average Bonchev–Trinajstić information content (AvgIpc) is 2.56. The van der Waals surface area contributed by atoms with Gasteiger partial charge in [0.2, 0.25) is 5.91 Å². The van der Waals surface area contributed by atoms with Crippen LogP contribution < -0.4 is 0 Å². The van der Waals surface area contributed by atoms with Crippen LogP contribution >= 0.6 is 11.8 Å². The fourth-order valence-electron chi connectivity index (χ4n) is 1.64. The molecule has 0 saturated carbocycles. The molecule has 6 heteroatoms. The quantitative estimate of drug-likeness (QED) is 0.740. The number of likely N-dealkylation sites (tertiary alicyclic amines) is 1. The number of amides is 1. The summed E-state index contributed by atoms with van der Waals surface area (Å²) in [5, 5.41) is 18.6. The Balaban J connectivity index is 2.56. The number of carboxylic acid groups (broad SMARTS) is 1. The van der Waals surface area contributed by atoms with E-state index in [0.29, 0.717) is 5.25 Å². The SMILES string of the molecule is CC(C)SCC(=O)N1C[C@H](O)C[C@@H]1C(=O)O. The number of nitrogens with zero attached hydrogens (tertiary/aromatic N) is 1. The number of thioether (sulfide) groups is 1. The highest BCUT2D eigenvalue weighted by Crippen LogP contribution is 2.20. The molecule has 1 rings (SSSR count). The van der Waals surface area contributed by atoms with E-state index in [-0.39, 0.29) is 24.6 Å². The number of aliphatic hydroxyl groups is 1. The van der Waals surface area contributed by atoms with Crippen LogP contribution in [0.4, 0.5) is 0 Å². The summed E-state index contributed by atoms with van der Waals surface area (Å²) in [5.41, 5.74) is 0. The van der Waals surface area contributed by atoms with Crippen LogP contribution in [0.15, 0.2) is 0 Å². The largest absolute Gasteiger partial charge is 0.480 e. The number of aliphatic carboxylic acids is 1. The number of hydrogen-bond acceptors (Lipinski definition) is 4. The Morgan fingerprint density at radius 1 is 1.50 bits per heavy atom. The van der Waals surface area contributed by atoms with Crippen molar-refractivity contribution in [3.8, 4) is 0 Å². The molecule has 0 aromatic rings. The van der Waals surface area contributed by atoms with Crippen LogP contribution in [0.2, 0.25) is 0 Å². The van der Waals surface area contributed by atoms with E-state index in [4.69, 9.17) is 5.11 Å². The molecule has 1 saturated heterocycles. The Labute approximate surface area is 98.8 Å². The molecule has 2 N–H and O–H groups in total. The second-order valence-electron chi connectivity index (χ2n) is 4.15. The normalized spacial score (nSPS) is 25.1. The first kappa shape index (κ1) is 13.3. The van der Waals surface area contributed by atoms with Gasteiger partial charge in [-0.3, -0.25) is 4.79 Å². The number of carbonyl (C=O) groups is 2. The first-order chi connectivity index (χ1) is 7.41. The van der Waals surface area contributed by atoms with Crippen molar-refractivity contribution < 1.29 is 19.8 Å². The predicted molar refractivity (Wildman–Crippen MR) is 61.4 cm³/mol. The van der Waals surface area contributed by atoms with Gasteiger partial charge in [-0.05, 0) is 5.25 Å². The molecule has 1 aliphatic rings. The van der Waals surface area contributed by atoms with Gasteiger partial charge in [0.25, 0.3) is 0 Å². The molecule has 0 spiro atoms. The van der Waals surface area contributed by atoms with Crippen molar-refractivity contribution in [3.63, 3.8) is 0 Å². The van der Waals surface area contributed by atoms with E-state index in [1.54, 1.807) is 0 Å². The Kier molecular flexibility index (Phi) is 4.61. The zero-order chi connectivity index (χ0) is 12.3. The molecule has 0 aromatic carbocycles. The van der Waals surface area contributed by atoms with Crippen LogP contribution in [0.5, 0.6) is 0 Å². The molecule has 0 unspecified atom stereocenters. The zero-order valence-electron chi connectivity index (χ0n) is 9.42. The Morgan fingerprint density at radius 3 is 2.62 bits per heavy atom. The van der Waals surface area contributed by atoms with Gasteiger partial charge in [-0.1, -0.05) is 13.8 Å². The van der Waals surface area contributed by atoms with Gasteiger partial charge in [0, 0.05) is 13.0 Å². The smallest absolute Gasteiger partial charge is 0.326 e. The Hall–Kier alpha value is -0.750. The summed E-state index contributed by atoms with van der Waals surface area (Å²) in [6.45, 7) is 4.09. The third-order valence-corrected chi connectivity index (χ3v) is 3.50. The molecular formula is C10H17NO4S. The van der Waals surface area contributed by atoms with Gasteiger partial charge in [-0.15, -0.1) is 11.8 Å². The molecule has 2 atom stereocenters. The molecule has 92 valence electrons. The van der Waals surface area contributed by atoms with Crippen molar-refractivity contribution >= 4 is 23.6 Å². The number of carboxylic acids is 1. The first-order valence-corrected chi connectivity index (χ1v) is 6.28. The minimum atomic E-state index is -1.04. The summed E-state index contributed by atoms with van der Waals surface area (Å²) in [6.07, 6.45) is -0.581. The number of aliphatic hydroxyl groups excluding tert-OH is 1. The summed E-state index contributed by atoms with van der Waals surface area (Å²) in [7, 11) is 0. The molecule has 0 aromatic heterocycles. The van der Waals surface area contributed by atoms with Gasteiger partial charge in [0.05, 0.1) is 11.9 Å².